The molecular weight excluding hydrogens is 386 g/mol. The molecule has 2 aliphatic rings. The van der Waals surface area contributed by atoms with Crippen molar-refractivity contribution >= 4 is 16.6 Å². The maximum Gasteiger partial charge on any atom is 0.258 e. The highest BCUT2D eigenvalue weighted by molar-refractivity contribution is 5.83. The van der Waals surface area contributed by atoms with Gasteiger partial charge in [-0.15, -0.1) is 0 Å². The second-order valence-corrected chi connectivity index (χ2v) is 9.25. The van der Waals surface area contributed by atoms with Crippen LogP contribution in [0.5, 0.6) is 0 Å². The predicted octanol–water partition coefficient (Wildman–Crippen LogP) is 3.90. The molecule has 0 spiro atoms. The second kappa shape index (κ2) is 7.02. The third-order valence-electron chi connectivity index (χ3n) is 6.95. The first-order chi connectivity index (χ1) is 15.0. The minimum Gasteiger partial charge on any atom is -0.300 e. The third-order valence-corrected chi connectivity index (χ3v) is 6.95. The average molecular weight is 414 g/mol. The zero-order chi connectivity index (χ0) is 21.1. The second-order valence-electron chi connectivity index (χ2n) is 9.25. The van der Waals surface area contributed by atoms with E-state index >= 15 is 0 Å². The van der Waals surface area contributed by atoms with Gasteiger partial charge in [-0.3, -0.25) is 13.9 Å². The van der Waals surface area contributed by atoms with Gasteiger partial charge in [0.05, 0.1) is 11.2 Å². The van der Waals surface area contributed by atoms with Gasteiger partial charge in [-0.2, -0.15) is 5.10 Å². The number of pyridine rings is 1. The van der Waals surface area contributed by atoms with Crippen molar-refractivity contribution < 1.29 is 0 Å². The summed E-state index contributed by atoms with van der Waals surface area (Å²) in [5.74, 6) is 0.526. The summed E-state index contributed by atoms with van der Waals surface area (Å²) in [6.07, 6.45) is 9.11. The summed E-state index contributed by atoms with van der Waals surface area (Å²) in [5.41, 5.74) is 5.65. The largest absolute Gasteiger partial charge is 0.300 e. The van der Waals surface area contributed by atoms with E-state index in [0.29, 0.717) is 11.6 Å². The SMILES string of the molecule is Cc1cc(C2CCN(C3CC3)CC2)cn2c(=O)cc(-c3ccc4nn(C)cc4c3)nc12. The highest BCUT2D eigenvalue weighted by atomic mass is 16.1. The summed E-state index contributed by atoms with van der Waals surface area (Å²) in [7, 11) is 1.91. The molecule has 6 nitrogen and oxygen atoms in total. The van der Waals surface area contributed by atoms with E-state index in [2.05, 4.69) is 29.1 Å². The van der Waals surface area contributed by atoms with E-state index in [4.69, 9.17) is 4.98 Å². The predicted molar refractivity (Wildman–Crippen MR) is 122 cm³/mol. The van der Waals surface area contributed by atoms with Crippen LogP contribution in [0.3, 0.4) is 0 Å². The fourth-order valence-electron chi connectivity index (χ4n) is 5.11. The fraction of sp³-hybridized carbons (Fsp3) is 0.400. The van der Waals surface area contributed by atoms with Gasteiger partial charge in [0.2, 0.25) is 0 Å². The molecule has 1 saturated carbocycles. The van der Waals surface area contributed by atoms with Gasteiger partial charge in [0.25, 0.3) is 5.56 Å². The van der Waals surface area contributed by atoms with Crippen LogP contribution < -0.4 is 5.56 Å². The Bertz CT molecular complexity index is 1360. The van der Waals surface area contributed by atoms with Crippen LogP contribution in [-0.4, -0.2) is 43.2 Å². The van der Waals surface area contributed by atoms with Crippen LogP contribution in [0.4, 0.5) is 0 Å². The molecule has 1 aromatic carbocycles. The molecule has 4 heterocycles. The van der Waals surface area contributed by atoms with Crippen LogP contribution in [0.15, 0.2) is 47.5 Å². The maximum absolute atomic E-state index is 13.1. The number of piperidine rings is 1. The molecule has 0 N–H and O–H groups in total. The van der Waals surface area contributed by atoms with E-state index in [0.717, 1.165) is 33.7 Å². The van der Waals surface area contributed by atoms with Crippen LogP contribution in [0.2, 0.25) is 0 Å². The number of hydrogen-bond acceptors (Lipinski definition) is 4. The monoisotopic (exact) mass is 413 g/mol. The van der Waals surface area contributed by atoms with Gasteiger partial charge in [0, 0.05) is 42.5 Å². The molecule has 31 heavy (non-hydrogen) atoms. The first-order valence-corrected chi connectivity index (χ1v) is 11.3. The smallest absolute Gasteiger partial charge is 0.258 e. The van der Waals surface area contributed by atoms with Crippen molar-refractivity contribution in [2.75, 3.05) is 13.1 Å². The topological polar surface area (TPSA) is 55.4 Å². The average Bonchev–Trinajstić information content (AvgIpc) is 3.55. The number of aryl methyl sites for hydroxylation is 2. The van der Waals surface area contributed by atoms with Crippen LogP contribution in [0.1, 0.15) is 42.7 Å². The summed E-state index contributed by atoms with van der Waals surface area (Å²) in [6, 6.07) is 10.8. The standard InChI is InChI=1S/C25H27N5O/c1-16-11-19(17-7-9-29(10-8-17)21-4-5-21)15-30-24(31)13-23(26-25(16)30)18-3-6-22-20(12-18)14-28(2)27-22/h3,6,11-15,17,21H,4-5,7-10H2,1-2H3. The molecule has 3 aromatic heterocycles. The van der Waals surface area contributed by atoms with Gasteiger partial charge >= 0.3 is 0 Å². The Kier molecular flexibility index (Phi) is 4.25. The molecule has 6 heteroatoms. The minimum absolute atomic E-state index is 0.0216. The van der Waals surface area contributed by atoms with Crippen molar-refractivity contribution in [3.8, 4) is 11.3 Å². The quantitative estimate of drug-likeness (QED) is 0.511. The first kappa shape index (κ1) is 18.8. The van der Waals surface area contributed by atoms with Crippen LogP contribution in [-0.2, 0) is 7.05 Å². The third kappa shape index (κ3) is 3.35. The molecule has 2 fully saturated rings. The summed E-state index contributed by atoms with van der Waals surface area (Å²) in [4.78, 5) is 20.6. The Balaban J connectivity index is 1.36. The Morgan fingerprint density at radius 2 is 1.81 bits per heavy atom. The molecule has 1 aliphatic carbocycles. The van der Waals surface area contributed by atoms with E-state index in [-0.39, 0.29) is 5.56 Å². The molecule has 1 aliphatic heterocycles. The van der Waals surface area contributed by atoms with Crippen molar-refractivity contribution in [2.45, 2.75) is 44.6 Å². The Morgan fingerprint density at radius 1 is 1.00 bits per heavy atom. The summed E-state index contributed by atoms with van der Waals surface area (Å²) < 4.78 is 3.54. The molecule has 0 radical (unpaired) electrons. The zero-order valence-electron chi connectivity index (χ0n) is 18.1. The highest BCUT2D eigenvalue weighted by Crippen LogP contribution is 2.35. The zero-order valence-corrected chi connectivity index (χ0v) is 18.1. The van der Waals surface area contributed by atoms with Gasteiger partial charge in [-0.1, -0.05) is 12.1 Å². The molecule has 0 bridgehead atoms. The minimum atomic E-state index is -0.0216. The summed E-state index contributed by atoms with van der Waals surface area (Å²) in [6.45, 7) is 4.42. The number of fused-ring (bicyclic) bond motifs is 2. The van der Waals surface area contributed by atoms with Crippen molar-refractivity contribution in [1.29, 1.82) is 0 Å². The maximum atomic E-state index is 13.1. The Hall–Kier alpha value is -2.99. The first-order valence-electron chi connectivity index (χ1n) is 11.3. The Morgan fingerprint density at radius 3 is 2.58 bits per heavy atom. The molecule has 0 amide bonds. The number of rotatable bonds is 3. The van der Waals surface area contributed by atoms with E-state index in [9.17, 15) is 4.79 Å². The fourth-order valence-corrected chi connectivity index (χ4v) is 5.11. The molecule has 4 aromatic rings. The Labute approximate surface area is 181 Å². The van der Waals surface area contributed by atoms with E-state index in [1.807, 2.05) is 31.6 Å². The van der Waals surface area contributed by atoms with E-state index in [1.165, 1.54) is 44.3 Å². The molecular formula is C25H27N5O. The molecule has 158 valence electrons. The van der Waals surface area contributed by atoms with E-state index < -0.39 is 0 Å². The number of aromatic nitrogens is 4. The van der Waals surface area contributed by atoms with Crippen molar-refractivity contribution in [3.63, 3.8) is 0 Å². The number of benzene rings is 1. The molecule has 0 unspecified atom stereocenters. The van der Waals surface area contributed by atoms with Crippen LogP contribution in [0.25, 0.3) is 27.8 Å². The number of likely N-dealkylation sites (tertiary alicyclic amines) is 1. The van der Waals surface area contributed by atoms with Gasteiger partial charge in [-0.25, -0.2) is 4.98 Å². The van der Waals surface area contributed by atoms with Crippen LogP contribution in [0, 0.1) is 6.92 Å². The lowest BCUT2D eigenvalue weighted by atomic mass is 9.89. The molecule has 6 rings (SSSR count). The van der Waals surface area contributed by atoms with Crippen molar-refractivity contribution in [2.24, 2.45) is 7.05 Å². The van der Waals surface area contributed by atoms with Crippen LogP contribution >= 0.6 is 0 Å². The van der Waals surface area contributed by atoms with Crippen molar-refractivity contribution in [3.05, 3.63) is 64.2 Å². The van der Waals surface area contributed by atoms with E-state index in [1.54, 1.807) is 15.1 Å². The number of nitrogens with zero attached hydrogens (tertiary/aromatic N) is 5. The van der Waals surface area contributed by atoms with Gasteiger partial charge in [-0.05, 0) is 74.9 Å². The van der Waals surface area contributed by atoms with Crippen molar-refractivity contribution in [1.82, 2.24) is 24.1 Å². The lowest BCUT2D eigenvalue weighted by Crippen LogP contribution is -2.34. The lowest BCUT2D eigenvalue weighted by molar-refractivity contribution is 0.203. The normalized spacial score (nSPS) is 18.3. The summed E-state index contributed by atoms with van der Waals surface area (Å²) >= 11 is 0. The highest BCUT2D eigenvalue weighted by Gasteiger charge is 2.32. The summed E-state index contributed by atoms with van der Waals surface area (Å²) in [5, 5.41) is 5.48. The van der Waals surface area contributed by atoms with Gasteiger partial charge < -0.3 is 4.90 Å². The number of hydrogen-bond donors (Lipinski definition) is 0. The molecule has 1 saturated heterocycles. The lowest BCUT2D eigenvalue weighted by Gasteiger charge is -2.32. The van der Waals surface area contributed by atoms with Gasteiger partial charge in [0.1, 0.15) is 5.65 Å². The molecule has 0 atom stereocenters. The van der Waals surface area contributed by atoms with Gasteiger partial charge in [0.15, 0.2) is 0 Å².